The fraction of sp³-hybridized carbons (Fsp3) is 0.250. The smallest absolute Gasteiger partial charge is 0.242 e. The van der Waals surface area contributed by atoms with Crippen molar-refractivity contribution in [3.8, 4) is 0 Å². The summed E-state index contributed by atoms with van der Waals surface area (Å²) in [5.74, 6) is 0. The van der Waals surface area contributed by atoms with Gasteiger partial charge >= 0.3 is 0 Å². The highest BCUT2D eigenvalue weighted by Crippen LogP contribution is 2.26. The molecule has 0 amide bonds. The van der Waals surface area contributed by atoms with Crippen molar-refractivity contribution in [2.24, 2.45) is 0 Å². The van der Waals surface area contributed by atoms with Gasteiger partial charge in [-0.2, -0.15) is 0 Å². The van der Waals surface area contributed by atoms with Gasteiger partial charge in [-0.15, -0.1) is 11.3 Å². The van der Waals surface area contributed by atoms with Crippen molar-refractivity contribution >= 4 is 27.3 Å². The number of hydrogen-bond acceptors (Lipinski definition) is 2. The number of hydrogen-bond donors (Lipinski definition) is 0. The van der Waals surface area contributed by atoms with E-state index in [2.05, 4.69) is 20.9 Å². The number of nitrogens with zero attached hydrogens (tertiary/aromatic N) is 1. The molecule has 0 saturated carbocycles. The predicted octanol–water partition coefficient (Wildman–Crippen LogP) is 2.84. The molecule has 0 aromatic carbocycles. The first-order valence-corrected chi connectivity index (χ1v) is 3.70. The monoisotopic (exact) mass is 213 g/mol. The topological polar surface area (TPSA) is 12.9 Å². The molecule has 0 aliphatic heterocycles. The lowest BCUT2D eigenvalue weighted by Gasteiger charge is -1.86. The molecule has 1 rings (SSSR count). The lowest BCUT2D eigenvalue weighted by atomic mass is 10.7. The van der Waals surface area contributed by atoms with Crippen molar-refractivity contribution in [2.75, 3.05) is 0 Å². The van der Waals surface area contributed by atoms with Gasteiger partial charge in [-0.1, -0.05) is 0 Å². The van der Waals surface area contributed by atoms with Crippen molar-refractivity contribution in [3.05, 3.63) is 15.0 Å². The largest absolute Gasteiger partial charge is 0.289 e. The van der Waals surface area contributed by atoms with Crippen LogP contribution in [0.2, 0.25) is 0 Å². The summed E-state index contributed by atoms with van der Waals surface area (Å²) in [7, 11) is 0. The number of thiazole rings is 1. The maximum Gasteiger partial charge on any atom is 0.289 e. The van der Waals surface area contributed by atoms with Gasteiger partial charge in [0.1, 0.15) is 0 Å². The van der Waals surface area contributed by atoms with Crippen LogP contribution < -0.4 is 0 Å². The van der Waals surface area contributed by atoms with E-state index < -0.39 is 6.43 Å². The maximum atomic E-state index is 11.7. The van der Waals surface area contributed by atoms with E-state index in [1.165, 1.54) is 6.20 Å². The summed E-state index contributed by atoms with van der Waals surface area (Å²) < 4.78 is 24.1. The molecule has 0 radical (unpaired) electrons. The van der Waals surface area contributed by atoms with Crippen LogP contribution in [0.3, 0.4) is 0 Å². The van der Waals surface area contributed by atoms with Crippen LogP contribution in [0.15, 0.2) is 9.98 Å². The molecule has 1 heterocycles. The average Bonchev–Trinajstić information content (AvgIpc) is 2.14. The third-order valence-electron chi connectivity index (χ3n) is 0.682. The standard InChI is InChI=1S/C4H2BrF2NS/c5-2-1-8-4(9-2)3(6)7/h1,3H. The second-order valence-electron chi connectivity index (χ2n) is 1.30. The molecule has 1 aromatic rings. The minimum Gasteiger partial charge on any atom is -0.242 e. The zero-order valence-corrected chi connectivity index (χ0v) is 6.55. The lowest BCUT2D eigenvalue weighted by Crippen LogP contribution is -1.77. The van der Waals surface area contributed by atoms with Crippen LogP contribution in [0.25, 0.3) is 0 Å². The zero-order valence-electron chi connectivity index (χ0n) is 4.14. The van der Waals surface area contributed by atoms with E-state index in [9.17, 15) is 8.78 Å². The minimum atomic E-state index is -2.44. The van der Waals surface area contributed by atoms with Crippen molar-refractivity contribution in [1.82, 2.24) is 4.98 Å². The first-order chi connectivity index (χ1) is 4.20. The summed E-state index contributed by atoms with van der Waals surface area (Å²) >= 11 is 3.97. The summed E-state index contributed by atoms with van der Waals surface area (Å²) in [6, 6.07) is 0. The van der Waals surface area contributed by atoms with Crippen LogP contribution in [-0.4, -0.2) is 4.98 Å². The molecule has 9 heavy (non-hydrogen) atoms. The molecule has 0 N–H and O–H groups in total. The third-order valence-corrected chi connectivity index (χ3v) is 2.17. The van der Waals surface area contributed by atoms with E-state index in [1.807, 2.05) is 0 Å². The Kier molecular flexibility index (Phi) is 2.13. The van der Waals surface area contributed by atoms with Gasteiger partial charge in [-0.25, -0.2) is 13.8 Å². The number of halogens is 3. The highest BCUT2D eigenvalue weighted by Gasteiger charge is 2.10. The minimum absolute atomic E-state index is 0.137. The first kappa shape index (κ1) is 7.08. The average molecular weight is 214 g/mol. The summed E-state index contributed by atoms with van der Waals surface area (Å²) in [5, 5.41) is -0.137. The first-order valence-electron chi connectivity index (χ1n) is 2.09. The van der Waals surface area contributed by atoms with E-state index >= 15 is 0 Å². The second kappa shape index (κ2) is 2.70. The highest BCUT2D eigenvalue weighted by molar-refractivity contribution is 9.11. The molecule has 0 aliphatic carbocycles. The van der Waals surface area contributed by atoms with Crippen molar-refractivity contribution in [3.63, 3.8) is 0 Å². The Balaban J connectivity index is 2.85. The molecule has 1 nitrogen and oxygen atoms in total. The van der Waals surface area contributed by atoms with Crippen LogP contribution >= 0.6 is 27.3 Å². The molecular weight excluding hydrogens is 212 g/mol. The maximum absolute atomic E-state index is 11.7. The third kappa shape index (κ3) is 1.69. The Bertz CT molecular complexity index is 200. The normalized spacial score (nSPS) is 10.7. The summed E-state index contributed by atoms with van der Waals surface area (Å²) in [6.45, 7) is 0. The van der Waals surface area contributed by atoms with Crippen LogP contribution in [0.5, 0.6) is 0 Å². The van der Waals surface area contributed by atoms with Gasteiger partial charge in [-0.3, -0.25) is 0 Å². The second-order valence-corrected chi connectivity index (χ2v) is 3.74. The summed E-state index contributed by atoms with van der Waals surface area (Å²) in [6.07, 6.45) is -1.08. The quantitative estimate of drug-likeness (QED) is 0.700. The number of aromatic nitrogens is 1. The van der Waals surface area contributed by atoms with Crippen molar-refractivity contribution < 1.29 is 8.78 Å². The Morgan fingerprint density at radius 1 is 1.67 bits per heavy atom. The molecule has 0 unspecified atom stereocenters. The predicted molar refractivity (Wildman–Crippen MR) is 34.8 cm³/mol. The highest BCUT2D eigenvalue weighted by atomic mass is 79.9. The van der Waals surface area contributed by atoms with E-state index in [0.29, 0.717) is 3.79 Å². The molecule has 0 fully saturated rings. The fourth-order valence-electron chi connectivity index (χ4n) is 0.368. The van der Waals surface area contributed by atoms with E-state index in [0.717, 1.165) is 11.3 Å². The van der Waals surface area contributed by atoms with E-state index in [1.54, 1.807) is 0 Å². The molecule has 1 aromatic heterocycles. The molecular formula is C4H2BrF2NS. The number of rotatable bonds is 1. The zero-order chi connectivity index (χ0) is 6.85. The molecule has 0 aliphatic rings. The SMILES string of the molecule is FC(F)c1ncc(Br)s1. The van der Waals surface area contributed by atoms with Gasteiger partial charge in [-0.05, 0) is 15.9 Å². The van der Waals surface area contributed by atoms with Crippen LogP contribution in [0, 0.1) is 0 Å². The van der Waals surface area contributed by atoms with Gasteiger partial charge in [0.15, 0.2) is 5.01 Å². The van der Waals surface area contributed by atoms with E-state index in [4.69, 9.17) is 0 Å². The fourth-order valence-corrected chi connectivity index (χ4v) is 1.47. The van der Waals surface area contributed by atoms with Crippen LogP contribution in [0.1, 0.15) is 11.4 Å². The van der Waals surface area contributed by atoms with Crippen molar-refractivity contribution in [2.45, 2.75) is 6.43 Å². The molecule has 0 atom stereocenters. The Morgan fingerprint density at radius 2 is 2.33 bits per heavy atom. The molecule has 0 bridgehead atoms. The molecule has 0 spiro atoms. The van der Waals surface area contributed by atoms with Gasteiger partial charge in [0, 0.05) is 0 Å². The van der Waals surface area contributed by atoms with Crippen molar-refractivity contribution in [1.29, 1.82) is 0 Å². The summed E-state index contributed by atoms with van der Waals surface area (Å²) in [5.41, 5.74) is 0. The van der Waals surface area contributed by atoms with Gasteiger partial charge < -0.3 is 0 Å². The lowest BCUT2D eigenvalue weighted by molar-refractivity contribution is 0.151. The molecule has 50 valence electrons. The Hall–Kier alpha value is -0.0300. The summed E-state index contributed by atoms with van der Waals surface area (Å²) in [4.78, 5) is 3.44. The van der Waals surface area contributed by atoms with Crippen LogP contribution in [-0.2, 0) is 0 Å². The number of alkyl halides is 2. The molecule has 5 heteroatoms. The van der Waals surface area contributed by atoms with E-state index in [-0.39, 0.29) is 5.01 Å². The Labute approximate surface area is 62.9 Å². The van der Waals surface area contributed by atoms with Gasteiger partial charge in [0.25, 0.3) is 6.43 Å². The van der Waals surface area contributed by atoms with Gasteiger partial charge in [0.05, 0.1) is 9.98 Å². The van der Waals surface area contributed by atoms with Gasteiger partial charge in [0.2, 0.25) is 0 Å². The Morgan fingerprint density at radius 3 is 2.56 bits per heavy atom. The van der Waals surface area contributed by atoms with Crippen LogP contribution in [0.4, 0.5) is 8.78 Å². The molecule has 0 saturated heterocycles.